The third-order valence-electron chi connectivity index (χ3n) is 4.46. The molecule has 3 rings (SSSR count). The molecule has 24 heavy (non-hydrogen) atoms. The quantitative estimate of drug-likeness (QED) is 0.932. The van der Waals surface area contributed by atoms with Gasteiger partial charge in [0.2, 0.25) is 6.10 Å². The topological polar surface area (TPSA) is 47.6 Å². The molecule has 4 heteroatoms. The van der Waals surface area contributed by atoms with E-state index in [1.54, 1.807) is 0 Å². The average molecular weight is 325 g/mol. The Bertz CT molecular complexity index is 741. The van der Waals surface area contributed by atoms with Crippen LogP contribution < -0.4 is 14.8 Å². The predicted molar refractivity (Wildman–Crippen MR) is 93.4 cm³/mol. The van der Waals surface area contributed by atoms with Crippen molar-refractivity contribution in [2.45, 2.75) is 39.3 Å². The number of benzene rings is 2. The fourth-order valence-electron chi connectivity index (χ4n) is 2.82. The lowest BCUT2D eigenvalue weighted by Gasteiger charge is -2.27. The number of para-hydroxylation sites is 2. The summed E-state index contributed by atoms with van der Waals surface area (Å²) in [5, 5.41) is 3.09. The Morgan fingerprint density at radius 3 is 2.62 bits per heavy atom. The van der Waals surface area contributed by atoms with Crippen molar-refractivity contribution in [3.8, 4) is 11.5 Å². The van der Waals surface area contributed by atoms with E-state index in [1.165, 1.54) is 11.1 Å². The van der Waals surface area contributed by atoms with Gasteiger partial charge in [0, 0.05) is 0 Å². The first-order valence-corrected chi connectivity index (χ1v) is 8.34. The van der Waals surface area contributed by atoms with Crippen molar-refractivity contribution in [2.75, 3.05) is 6.61 Å². The highest BCUT2D eigenvalue weighted by Crippen LogP contribution is 2.31. The Morgan fingerprint density at radius 2 is 1.92 bits per heavy atom. The van der Waals surface area contributed by atoms with Crippen LogP contribution in [0.4, 0.5) is 0 Å². The van der Waals surface area contributed by atoms with Gasteiger partial charge in [-0.3, -0.25) is 4.79 Å². The average Bonchev–Trinajstić information content (AvgIpc) is 2.61. The van der Waals surface area contributed by atoms with E-state index in [4.69, 9.17) is 9.47 Å². The van der Waals surface area contributed by atoms with Gasteiger partial charge in [0.05, 0.1) is 6.04 Å². The fraction of sp³-hybridized carbons (Fsp3) is 0.350. The Labute approximate surface area is 142 Å². The Hall–Kier alpha value is -2.49. The SMILES string of the molecule is CC[C@@H](NC(=O)[C@@H]1COc2ccccc2O1)c1ccc(C)c(C)c1. The van der Waals surface area contributed by atoms with Gasteiger partial charge in [-0.2, -0.15) is 0 Å². The maximum absolute atomic E-state index is 12.6. The van der Waals surface area contributed by atoms with Gasteiger partial charge in [-0.15, -0.1) is 0 Å². The minimum atomic E-state index is -0.625. The zero-order valence-corrected chi connectivity index (χ0v) is 14.3. The highest BCUT2D eigenvalue weighted by molar-refractivity contribution is 5.82. The Morgan fingerprint density at radius 1 is 1.17 bits per heavy atom. The van der Waals surface area contributed by atoms with E-state index in [0.29, 0.717) is 11.5 Å². The number of carbonyl (C=O) groups is 1. The molecule has 1 N–H and O–H groups in total. The highest BCUT2D eigenvalue weighted by atomic mass is 16.6. The van der Waals surface area contributed by atoms with Crippen molar-refractivity contribution in [2.24, 2.45) is 0 Å². The lowest BCUT2D eigenvalue weighted by atomic mass is 9.99. The predicted octanol–water partition coefficient (Wildman–Crippen LogP) is 3.71. The van der Waals surface area contributed by atoms with E-state index < -0.39 is 6.10 Å². The van der Waals surface area contributed by atoms with Crippen molar-refractivity contribution in [1.82, 2.24) is 5.32 Å². The van der Waals surface area contributed by atoms with Gasteiger partial charge < -0.3 is 14.8 Å². The van der Waals surface area contributed by atoms with E-state index in [1.807, 2.05) is 24.3 Å². The largest absolute Gasteiger partial charge is 0.485 e. The van der Waals surface area contributed by atoms with Crippen molar-refractivity contribution < 1.29 is 14.3 Å². The van der Waals surface area contributed by atoms with Crippen LogP contribution in [0.2, 0.25) is 0 Å². The number of ether oxygens (including phenoxy) is 2. The molecule has 1 heterocycles. The summed E-state index contributed by atoms with van der Waals surface area (Å²) in [6.07, 6.45) is 0.193. The van der Waals surface area contributed by atoms with Gasteiger partial charge >= 0.3 is 0 Å². The first kappa shape index (κ1) is 16.4. The molecule has 0 spiro atoms. The van der Waals surface area contributed by atoms with E-state index >= 15 is 0 Å². The summed E-state index contributed by atoms with van der Waals surface area (Å²) < 4.78 is 11.4. The summed E-state index contributed by atoms with van der Waals surface area (Å²) in [7, 11) is 0. The number of nitrogens with one attached hydrogen (secondary N) is 1. The molecule has 1 aliphatic rings. The molecule has 0 fully saturated rings. The highest BCUT2D eigenvalue weighted by Gasteiger charge is 2.28. The number of fused-ring (bicyclic) bond motifs is 1. The summed E-state index contributed by atoms with van der Waals surface area (Å²) in [5.41, 5.74) is 3.60. The molecule has 2 atom stereocenters. The molecule has 0 saturated heterocycles. The van der Waals surface area contributed by atoms with Gasteiger partial charge in [-0.05, 0) is 49.1 Å². The molecule has 1 amide bonds. The van der Waals surface area contributed by atoms with Crippen LogP contribution in [0.3, 0.4) is 0 Å². The molecule has 4 nitrogen and oxygen atoms in total. The van der Waals surface area contributed by atoms with Crippen LogP contribution in [-0.2, 0) is 4.79 Å². The van der Waals surface area contributed by atoms with Crippen LogP contribution in [-0.4, -0.2) is 18.6 Å². The second-order valence-electron chi connectivity index (χ2n) is 6.18. The lowest BCUT2D eigenvalue weighted by molar-refractivity contribution is -0.131. The number of amides is 1. The van der Waals surface area contributed by atoms with Gasteiger partial charge in [-0.1, -0.05) is 37.3 Å². The van der Waals surface area contributed by atoms with Crippen LogP contribution >= 0.6 is 0 Å². The van der Waals surface area contributed by atoms with E-state index in [9.17, 15) is 4.79 Å². The second-order valence-corrected chi connectivity index (χ2v) is 6.18. The van der Waals surface area contributed by atoms with E-state index in [2.05, 4.69) is 44.3 Å². The summed E-state index contributed by atoms with van der Waals surface area (Å²) in [5.74, 6) is 1.15. The van der Waals surface area contributed by atoms with Crippen LogP contribution in [0.15, 0.2) is 42.5 Å². The fourth-order valence-corrected chi connectivity index (χ4v) is 2.82. The lowest BCUT2D eigenvalue weighted by Crippen LogP contribution is -2.45. The third kappa shape index (κ3) is 3.37. The van der Waals surface area contributed by atoms with Crippen molar-refractivity contribution >= 4 is 5.91 Å². The first-order chi connectivity index (χ1) is 11.6. The van der Waals surface area contributed by atoms with E-state index in [0.717, 1.165) is 12.0 Å². The van der Waals surface area contributed by atoms with Crippen molar-refractivity contribution in [3.63, 3.8) is 0 Å². The maximum atomic E-state index is 12.6. The number of carbonyl (C=O) groups excluding carboxylic acids is 1. The minimum absolute atomic E-state index is 0.0300. The molecule has 0 radical (unpaired) electrons. The maximum Gasteiger partial charge on any atom is 0.265 e. The van der Waals surface area contributed by atoms with Crippen LogP contribution in [0.25, 0.3) is 0 Å². The molecule has 0 aromatic heterocycles. The molecule has 0 aliphatic carbocycles. The van der Waals surface area contributed by atoms with Gasteiger partial charge in [0.25, 0.3) is 5.91 Å². The van der Waals surface area contributed by atoms with Crippen LogP contribution in [0, 0.1) is 13.8 Å². The number of hydrogen-bond donors (Lipinski definition) is 1. The smallest absolute Gasteiger partial charge is 0.265 e. The minimum Gasteiger partial charge on any atom is -0.485 e. The van der Waals surface area contributed by atoms with Crippen LogP contribution in [0.1, 0.15) is 36.1 Å². The third-order valence-corrected chi connectivity index (χ3v) is 4.46. The van der Waals surface area contributed by atoms with Crippen molar-refractivity contribution in [3.05, 3.63) is 59.2 Å². The summed E-state index contributed by atoms with van der Waals surface area (Å²) in [6, 6.07) is 13.7. The summed E-state index contributed by atoms with van der Waals surface area (Å²) in [4.78, 5) is 12.6. The molecular formula is C20H23NO3. The molecule has 2 aromatic rings. The monoisotopic (exact) mass is 325 g/mol. The molecule has 1 aliphatic heterocycles. The Balaban J connectivity index is 1.70. The molecule has 0 unspecified atom stereocenters. The number of rotatable bonds is 4. The molecule has 2 aromatic carbocycles. The normalized spacial score (nSPS) is 17.2. The second kappa shape index (κ2) is 6.95. The summed E-state index contributed by atoms with van der Waals surface area (Å²) in [6.45, 7) is 6.46. The first-order valence-electron chi connectivity index (χ1n) is 8.34. The molecular weight excluding hydrogens is 302 g/mol. The molecule has 126 valence electrons. The van der Waals surface area contributed by atoms with Gasteiger partial charge in [0.1, 0.15) is 6.61 Å². The van der Waals surface area contributed by atoms with E-state index in [-0.39, 0.29) is 18.6 Å². The number of hydrogen-bond acceptors (Lipinski definition) is 3. The Kier molecular flexibility index (Phi) is 4.74. The van der Waals surface area contributed by atoms with Crippen LogP contribution in [0.5, 0.6) is 11.5 Å². The zero-order chi connectivity index (χ0) is 17.1. The standard InChI is InChI=1S/C20H23NO3/c1-4-16(15-10-9-13(2)14(3)11-15)21-20(22)19-12-23-17-7-5-6-8-18(17)24-19/h5-11,16,19H,4,12H2,1-3H3,(H,21,22)/t16-,19+/m1/s1. The molecule has 0 saturated carbocycles. The zero-order valence-electron chi connectivity index (χ0n) is 14.3. The molecule has 0 bridgehead atoms. The van der Waals surface area contributed by atoms with Gasteiger partial charge in [-0.25, -0.2) is 0 Å². The summed E-state index contributed by atoms with van der Waals surface area (Å²) >= 11 is 0. The number of aryl methyl sites for hydroxylation is 2. The van der Waals surface area contributed by atoms with Crippen molar-refractivity contribution in [1.29, 1.82) is 0 Å². The van der Waals surface area contributed by atoms with Gasteiger partial charge in [0.15, 0.2) is 11.5 Å².